The minimum atomic E-state index is -0.0452. The lowest BCUT2D eigenvalue weighted by Gasteiger charge is -2.43. The number of rotatable bonds is 5. The maximum Gasteiger partial charge on any atom is 0.317 e. The average molecular weight is 411 g/mol. The van der Waals surface area contributed by atoms with Crippen LogP contribution in [-0.2, 0) is 17.8 Å². The number of benzene rings is 1. The molecule has 30 heavy (non-hydrogen) atoms. The van der Waals surface area contributed by atoms with Gasteiger partial charge >= 0.3 is 6.03 Å². The van der Waals surface area contributed by atoms with Crippen molar-refractivity contribution in [1.82, 2.24) is 20.0 Å². The zero-order valence-electron chi connectivity index (χ0n) is 17.9. The average Bonchev–Trinajstić information content (AvgIpc) is 3.32. The van der Waals surface area contributed by atoms with Crippen LogP contribution in [0, 0.1) is 5.92 Å². The van der Waals surface area contributed by atoms with Gasteiger partial charge in [-0.05, 0) is 36.3 Å². The highest BCUT2D eigenvalue weighted by molar-refractivity contribution is 5.82. The number of nitrogens with zero attached hydrogens (tertiary/aromatic N) is 3. The van der Waals surface area contributed by atoms with Gasteiger partial charge in [-0.1, -0.05) is 43.2 Å². The van der Waals surface area contributed by atoms with Gasteiger partial charge in [0.15, 0.2) is 0 Å². The first kappa shape index (κ1) is 20.9. The fraction of sp³-hybridized carbons (Fsp3) is 0.583. The fourth-order valence-corrected chi connectivity index (χ4v) is 5.27. The number of hydrogen-bond acceptors (Lipinski definition) is 3. The molecule has 3 aliphatic rings. The number of piperazine rings is 1. The minimum absolute atomic E-state index is 0.0362. The number of carbonyl (C=O) groups is 2. The van der Waals surface area contributed by atoms with E-state index in [0.29, 0.717) is 31.5 Å². The monoisotopic (exact) mass is 410 g/mol. The summed E-state index contributed by atoms with van der Waals surface area (Å²) in [7, 11) is 0. The number of amides is 3. The van der Waals surface area contributed by atoms with E-state index in [9.17, 15) is 9.59 Å². The standard InChI is InChI=1S/C24H34N4O2/c1-2-12-25-24(30)27-16-14-26(15-17-27)22(20-8-4-5-9-20)23(29)28-13-11-19-7-3-6-10-21(19)18-28/h2-3,6-7,10,20,22H,1,4-5,8-9,11-18H2,(H,25,30). The van der Waals surface area contributed by atoms with E-state index in [1.54, 1.807) is 6.08 Å². The Kier molecular flexibility index (Phi) is 6.72. The van der Waals surface area contributed by atoms with Crippen molar-refractivity contribution >= 4 is 11.9 Å². The fourth-order valence-electron chi connectivity index (χ4n) is 5.27. The van der Waals surface area contributed by atoms with Crippen molar-refractivity contribution in [3.8, 4) is 0 Å². The van der Waals surface area contributed by atoms with Gasteiger partial charge in [-0.3, -0.25) is 9.69 Å². The second-order valence-corrected chi connectivity index (χ2v) is 8.77. The predicted molar refractivity (Wildman–Crippen MR) is 118 cm³/mol. The maximum absolute atomic E-state index is 13.7. The molecule has 3 amide bonds. The zero-order chi connectivity index (χ0) is 20.9. The van der Waals surface area contributed by atoms with E-state index in [-0.39, 0.29) is 12.1 Å². The van der Waals surface area contributed by atoms with Gasteiger partial charge < -0.3 is 15.1 Å². The van der Waals surface area contributed by atoms with Gasteiger partial charge in [-0.15, -0.1) is 6.58 Å². The zero-order valence-corrected chi connectivity index (χ0v) is 17.9. The van der Waals surface area contributed by atoms with Gasteiger partial charge in [0.2, 0.25) is 5.91 Å². The molecule has 6 nitrogen and oxygen atoms in total. The lowest BCUT2D eigenvalue weighted by Crippen LogP contribution is -2.59. The summed E-state index contributed by atoms with van der Waals surface area (Å²) in [5.74, 6) is 0.733. The van der Waals surface area contributed by atoms with E-state index in [2.05, 4.69) is 46.0 Å². The van der Waals surface area contributed by atoms with Gasteiger partial charge in [0.25, 0.3) is 0 Å². The van der Waals surface area contributed by atoms with Crippen LogP contribution in [-0.4, -0.2) is 71.9 Å². The van der Waals surface area contributed by atoms with Crippen molar-refractivity contribution in [3.63, 3.8) is 0 Å². The van der Waals surface area contributed by atoms with Crippen molar-refractivity contribution in [1.29, 1.82) is 0 Å². The van der Waals surface area contributed by atoms with E-state index >= 15 is 0 Å². The van der Waals surface area contributed by atoms with Crippen LogP contribution in [0.2, 0.25) is 0 Å². The molecule has 1 aromatic rings. The SMILES string of the molecule is C=CCNC(=O)N1CCN(C(C(=O)N2CCc3ccccc3C2)C2CCCC2)CC1. The lowest BCUT2D eigenvalue weighted by molar-refractivity contribution is -0.141. The summed E-state index contributed by atoms with van der Waals surface area (Å²) in [6.45, 7) is 8.53. The third-order valence-electron chi connectivity index (χ3n) is 6.93. The van der Waals surface area contributed by atoms with Crippen LogP contribution < -0.4 is 5.32 Å². The van der Waals surface area contributed by atoms with E-state index in [1.165, 1.54) is 24.0 Å². The highest BCUT2D eigenvalue weighted by Crippen LogP contribution is 2.33. The van der Waals surface area contributed by atoms with Gasteiger partial charge in [-0.25, -0.2) is 4.79 Å². The van der Waals surface area contributed by atoms with Crippen molar-refractivity contribution in [3.05, 3.63) is 48.0 Å². The van der Waals surface area contributed by atoms with Gasteiger partial charge in [0, 0.05) is 45.8 Å². The number of carbonyl (C=O) groups excluding carboxylic acids is 2. The highest BCUT2D eigenvalue weighted by Gasteiger charge is 2.39. The summed E-state index contributed by atoms with van der Waals surface area (Å²) in [5, 5.41) is 2.86. The molecule has 1 unspecified atom stereocenters. The third-order valence-corrected chi connectivity index (χ3v) is 6.93. The van der Waals surface area contributed by atoms with Crippen molar-refractivity contribution in [2.24, 2.45) is 5.92 Å². The molecule has 1 N–H and O–H groups in total. The summed E-state index contributed by atoms with van der Waals surface area (Å²) >= 11 is 0. The van der Waals surface area contributed by atoms with Gasteiger partial charge in [0.1, 0.15) is 0 Å². The van der Waals surface area contributed by atoms with Crippen LogP contribution in [0.1, 0.15) is 36.8 Å². The molecule has 1 saturated heterocycles. The molecule has 6 heteroatoms. The molecule has 0 radical (unpaired) electrons. The number of urea groups is 1. The molecule has 0 spiro atoms. The van der Waals surface area contributed by atoms with Crippen LogP contribution in [0.15, 0.2) is 36.9 Å². The molecule has 2 aliphatic heterocycles. The molecule has 0 aromatic heterocycles. The molecule has 2 heterocycles. The molecule has 2 fully saturated rings. The largest absolute Gasteiger partial charge is 0.337 e. The molecular formula is C24H34N4O2. The lowest BCUT2D eigenvalue weighted by atomic mass is 9.92. The van der Waals surface area contributed by atoms with Crippen LogP contribution in [0.25, 0.3) is 0 Å². The molecule has 1 saturated carbocycles. The first-order valence-corrected chi connectivity index (χ1v) is 11.4. The first-order valence-electron chi connectivity index (χ1n) is 11.4. The van der Waals surface area contributed by atoms with E-state index in [4.69, 9.17) is 0 Å². The molecule has 1 aliphatic carbocycles. The van der Waals surface area contributed by atoms with Crippen LogP contribution in [0.4, 0.5) is 4.79 Å². The Hall–Kier alpha value is -2.34. The van der Waals surface area contributed by atoms with Crippen molar-refractivity contribution < 1.29 is 9.59 Å². The Morgan fingerprint density at radius 1 is 1.03 bits per heavy atom. The second kappa shape index (κ2) is 9.65. The smallest absolute Gasteiger partial charge is 0.317 e. The molecule has 162 valence electrons. The normalized spacial score (nSPS) is 21.2. The Morgan fingerprint density at radius 2 is 1.73 bits per heavy atom. The second-order valence-electron chi connectivity index (χ2n) is 8.77. The minimum Gasteiger partial charge on any atom is -0.337 e. The van der Waals surface area contributed by atoms with E-state index < -0.39 is 0 Å². The molecule has 0 bridgehead atoms. The van der Waals surface area contributed by atoms with E-state index in [1.807, 2.05) is 4.90 Å². The topological polar surface area (TPSA) is 55.9 Å². The Balaban J connectivity index is 1.43. The summed E-state index contributed by atoms with van der Waals surface area (Å²) < 4.78 is 0. The van der Waals surface area contributed by atoms with Crippen LogP contribution in [0.3, 0.4) is 0 Å². The van der Waals surface area contributed by atoms with Gasteiger partial charge in [-0.2, -0.15) is 0 Å². The Bertz CT molecular complexity index is 766. The first-order chi connectivity index (χ1) is 14.7. The Labute approximate surface area is 179 Å². The third kappa shape index (κ3) is 4.53. The summed E-state index contributed by atoms with van der Waals surface area (Å²) in [6.07, 6.45) is 7.36. The summed E-state index contributed by atoms with van der Waals surface area (Å²) in [4.78, 5) is 32.3. The van der Waals surface area contributed by atoms with E-state index in [0.717, 1.165) is 45.4 Å². The quantitative estimate of drug-likeness (QED) is 0.760. The van der Waals surface area contributed by atoms with Crippen molar-refractivity contribution in [2.45, 2.75) is 44.7 Å². The summed E-state index contributed by atoms with van der Waals surface area (Å²) in [5.41, 5.74) is 2.66. The van der Waals surface area contributed by atoms with Crippen molar-refractivity contribution in [2.75, 3.05) is 39.3 Å². The molecule has 1 atom stereocenters. The molecule has 1 aromatic carbocycles. The maximum atomic E-state index is 13.7. The number of nitrogens with one attached hydrogen (secondary N) is 1. The molecule has 4 rings (SSSR count). The number of hydrogen-bond donors (Lipinski definition) is 1. The molecular weight excluding hydrogens is 376 g/mol. The van der Waals surface area contributed by atoms with Crippen LogP contribution in [0.5, 0.6) is 0 Å². The highest BCUT2D eigenvalue weighted by atomic mass is 16.2. The van der Waals surface area contributed by atoms with Gasteiger partial charge in [0.05, 0.1) is 6.04 Å². The summed E-state index contributed by atoms with van der Waals surface area (Å²) in [6, 6.07) is 8.41. The number of fused-ring (bicyclic) bond motifs is 1. The van der Waals surface area contributed by atoms with Crippen LogP contribution >= 0.6 is 0 Å². The predicted octanol–water partition coefficient (Wildman–Crippen LogP) is 2.64. The Morgan fingerprint density at radius 3 is 2.43 bits per heavy atom.